The number of hydrogen-bond acceptors (Lipinski definition) is 3. The average molecular weight is 342 g/mol. The zero-order valence-electron chi connectivity index (χ0n) is 14.9. The number of nitrogens with one attached hydrogen (secondary N) is 2. The fourth-order valence-corrected chi connectivity index (χ4v) is 2.36. The van der Waals surface area contributed by atoms with Gasteiger partial charge in [0.15, 0.2) is 0 Å². The number of rotatable bonds is 9. The Bertz CT molecular complexity index is 656. The Labute approximate surface area is 149 Å². The molecule has 0 saturated heterocycles. The van der Waals surface area contributed by atoms with Crippen molar-refractivity contribution in [2.24, 2.45) is 0 Å². The molecule has 25 heavy (non-hydrogen) atoms. The van der Waals surface area contributed by atoms with Gasteiger partial charge in [-0.25, -0.2) is 4.79 Å². The first-order valence-corrected chi connectivity index (χ1v) is 8.52. The van der Waals surface area contributed by atoms with Gasteiger partial charge in [-0.05, 0) is 35.2 Å². The molecule has 0 heterocycles. The second-order valence-electron chi connectivity index (χ2n) is 5.71. The van der Waals surface area contributed by atoms with Gasteiger partial charge in [0.1, 0.15) is 5.75 Å². The van der Waals surface area contributed by atoms with E-state index in [1.807, 2.05) is 48.5 Å². The molecular weight excluding hydrogens is 316 g/mol. The summed E-state index contributed by atoms with van der Waals surface area (Å²) in [6.07, 6.45) is 0.994. The Morgan fingerprint density at radius 2 is 1.64 bits per heavy atom. The molecule has 0 unspecified atom stereocenters. The van der Waals surface area contributed by atoms with Crippen LogP contribution in [-0.4, -0.2) is 19.7 Å². The van der Waals surface area contributed by atoms with E-state index in [1.54, 1.807) is 7.11 Å². The van der Waals surface area contributed by atoms with E-state index in [2.05, 4.69) is 17.6 Å². The summed E-state index contributed by atoms with van der Waals surface area (Å²) in [6.45, 7) is 4.33. The lowest BCUT2D eigenvalue weighted by molar-refractivity contribution is 0.121. The highest BCUT2D eigenvalue weighted by Crippen LogP contribution is 2.11. The molecule has 0 atom stereocenters. The molecule has 5 nitrogen and oxygen atoms in total. The van der Waals surface area contributed by atoms with Crippen LogP contribution in [-0.2, 0) is 24.4 Å². The molecule has 0 fully saturated rings. The number of methoxy groups -OCH3 is 1. The average Bonchev–Trinajstić information content (AvgIpc) is 2.66. The summed E-state index contributed by atoms with van der Waals surface area (Å²) in [5, 5.41) is 5.75. The van der Waals surface area contributed by atoms with Crippen LogP contribution in [0.25, 0.3) is 0 Å². The van der Waals surface area contributed by atoms with E-state index in [1.165, 1.54) is 0 Å². The minimum absolute atomic E-state index is 0.194. The van der Waals surface area contributed by atoms with Crippen LogP contribution in [0, 0.1) is 0 Å². The number of carbonyl (C=O) groups excluding carboxylic acids is 1. The third kappa shape index (κ3) is 6.47. The van der Waals surface area contributed by atoms with Crippen LogP contribution in [0.15, 0.2) is 48.5 Å². The van der Waals surface area contributed by atoms with Gasteiger partial charge in [-0.15, -0.1) is 0 Å². The molecule has 0 aliphatic carbocycles. The third-order valence-electron chi connectivity index (χ3n) is 3.78. The number of urea groups is 1. The van der Waals surface area contributed by atoms with Crippen molar-refractivity contribution in [1.29, 1.82) is 0 Å². The molecule has 0 aliphatic heterocycles. The normalized spacial score (nSPS) is 10.3. The maximum Gasteiger partial charge on any atom is 0.315 e. The molecule has 0 aliphatic rings. The van der Waals surface area contributed by atoms with E-state index in [0.29, 0.717) is 19.7 Å². The molecule has 0 bridgehead atoms. The van der Waals surface area contributed by atoms with Crippen LogP contribution in [0.4, 0.5) is 4.79 Å². The van der Waals surface area contributed by atoms with Crippen LogP contribution in [0.3, 0.4) is 0 Å². The summed E-state index contributed by atoms with van der Waals surface area (Å²) in [5.74, 6) is 0.801. The largest absolute Gasteiger partial charge is 0.497 e. The zero-order chi connectivity index (χ0) is 17.9. The second-order valence-corrected chi connectivity index (χ2v) is 5.71. The molecule has 0 radical (unpaired) electrons. The molecule has 2 N–H and O–H groups in total. The van der Waals surface area contributed by atoms with E-state index in [0.717, 1.165) is 35.5 Å². The van der Waals surface area contributed by atoms with Crippen molar-refractivity contribution in [3.8, 4) is 5.75 Å². The Morgan fingerprint density at radius 3 is 2.32 bits per heavy atom. The summed E-state index contributed by atoms with van der Waals surface area (Å²) in [5.41, 5.74) is 3.19. The Balaban J connectivity index is 1.79. The Kier molecular flexibility index (Phi) is 7.79. The SMILES string of the molecule is CCCOCc1ccccc1CNC(=O)NCc1ccc(OC)cc1. The van der Waals surface area contributed by atoms with Gasteiger partial charge in [-0.3, -0.25) is 0 Å². The first kappa shape index (κ1) is 18.8. The number of hydrogen-bond donors (Lipinski definition) is 2. The van der Waals surface area contributed by atoms with E-state index in [4.69, 9.17) is 9.47 Å². The van der Waals surface area contributed by atoms with Crippen LogP contribution in [0.5, 0.6) is 5.75 Å². The summed E-state index contributed by atoms with van der Waals surface area (Å²) < 4.78 is 10.7. The standard InChI is InChI=1S/C20H26N2O3/c1-3-12-25-15-18-7-5-4-6-17(18)14-22-20(23)21-13-16-8-10-19(24-2)11-9-16/h4-11H,3,12-15H2,1-2H3,(H2,21,22,23). The Hall–Kier alpha value is -2.53. The smallest absolute Gasteiger partial charge is 0.315 e. The van der Waals surface area contributed by atoms with Gasteiger partial charge in [0.25, 0.3) is 0 Å². The number of carbonyl (C=O) groups is 1. The summed E-state index contributed by atoms with van der Waals surface area (Å²) in [4.78, 5) is 12.0. The van der Waals surface area contributed by atoms with Crippen molar-refractivity contribution in [1.82, 2.24) is 10.6 Å². The number of amides is 2. The lowest BCUT2D eigenvalue weighted by Gasteiger charge is -2.12. The molecule has 2 amide bonds. The molecule has 2 rings (SSSR count). The summed E-state index contributed by atoms with van der Waals surface area (Å²) in [7, 11) is 1.63. The maximum absolute atomic E-state index is 12.0. The van der Waals surface area contributed by atoms with Crippen LogP contribution >= 0.6 is 0 Å². The highest BCUT2D eigenvalue weighted by atomic mass is 16.5. The van der Waals surface area contributed by atoms with Crippen LogP contribution < -0.4 is 15.4 Å². The molecule has 5 heteroatoms. The fourth-order valence-electron chi connectivity index (χ4n) is 2.36. The molecule has 0 aromatic heterocycles. The van der Waals surface area contributed by atoms with Gasteiger partial charge < -0.3 is 20.1 Å². The quantitative estimate of drug-likeness (QED) is 0.684. The third-order valence-corrected chi connectivity index (χ3v) is 3.78. The van der Waals surface area contributed by atoms with Gasteiger partial charge in [-0.1, -0.05) is 43.3 Å². The van der Waals surface area contributed by atoms with Crippen molar-refractivity contribution in [2.75, 3.05) is 13.7 Å². The van der Waals surface area contributed by atoms with E-state index in [9.17, 15) is 4.79 Å². The number of ether oxygens (including phenoxy) is 2. The van der Waals surface area contributed by atoms with E-state index >= 15 is 0 Å². The fraction of sp³-hybridized carbons (Fsp3) is 0.350. The van der Waals surface area contributed by atoms with Crippen molar-refractivity contribution < 1.29 is 14.3 Å². The molecule has 2 aromatic rings. The monoisotopic (exact) mass is 342 g/mol. The molecule has 2 aromatic carbocycles. The molecule has 0 spiro atoms. The van der Waals surface area contributed by atoms with Gasteiger partial charge in [0.05, 0.1) is 13.7 Å². The van der Waals surface area contributed by atoms with Crippen molar-refractivity contribution in [2.45, 2.75) is 33.0 Å². The van der Waals surface area contributed by atoms with E-state index < -0.39 is 0 Å². The first-order chi connectivity index (χ1) is 12.2. The maximum atomic E-state index is 12.0. The molecule has 134 valence electrons. The highest BCUT2D eigenvalue weighted by molar-refractivity contribution is 5.73. The van der Waals surface area contributed by atoms with Crippen LogP contribution in [0.1, 0.15) is 30.0 Å². The van der Waals surface area contributed by atoms with Crippen LogP contribution in [0.2, 0.25) is 0 Å². The van der Waals surface area contributed by atoms with Gasteiger partial charge in [0.2, 0.25) is 0 Å². The Morgan fingerprint density at radius 1 is 0.960 bits per heavy atom. The van der Waals surface area contributed by atoms with Gasteiger partial charge in [-0.2, -0.15) is 0 Å². The van der Waals surface area contributed by atoms with Gasteiger partial charge in [0, 0.05) is 19.7 Å². The highest BCUT2D eigenvalue weighted by Gasteiger charge is 2.05. The minimum atomic E-state index is -0.194. The second kappa shape index (κ2) is 10.4. The van der Waals surface area contributed by atoms with Crippen molar-refractivity contribution in [3.05, 3.63) is 65.2 Å². The minimum Gasteiger partial charge on any atom is -0.497 e. The first-order valence-electron chi connectivity index (χ1n) is 8.52. The molecular formula is C20H26N2O3. The van der Waals surface area contributed by atoms with E-state index in [-0.39, 0.29) is 6.03 Å². The van der Waals surface area contributed by atoms with Crippen molar-refractivity contribution >= 4 is 6.03 Å². The van der Waals surface area contributed by atoms with Gasteiger partial charge >= 0.3 is 6.03 Å². The predicted octanol–water partition coefficient (Wildman–Crippen LogP) is 3.62. The van der Waals surface area contributed by atoms with Crippen molar-refractivity contribution in [3.63, 3.8) is 0 Å². The number of benzene rings is 2. The topological polar surface area (TPSA) is 59.6 Å². The lowest BCUT2D eigenvalue weighted by Crippen LogP contribution is -2.34. The summed E-state index contributed by atoms with van der Waals surface area (Å²) >= 11 is 0. The molecule has 0 saturated carbocycles. The predicted molar refractivity (Wildman–Crippen MR) is 98.5 cm³/mol. The zero-order valence-corrected chi connectivity index (χ0v) is 14.9. The lowest BCUT2D eigenvalue weighted by atomic mass is 10.1. The summed E-state index contributed by atoms with van der Waals surface area (Å²) in [6, 6.07) is 15.4.